The van der Waals surface area contributed by atoms with Crippen LogP contribution in [-0.4, -0.2) is 22.1 Å². The Balaban J connectivity index is 2.37. The summed E-state index contributed by atoms with van der Waals surface area (Å²) in [6, 6.07) is 10.3. The van der Waals surface area contributed by atoms with Crippen molar-refractivity contribution in [1.82, 2.24) is 0 Å². The second-order valence-electron chi connectivity index (χ2n) is 7.36. The van der Waals surface area contributed by atoms with E-state index in [0.717, 1.165) is 16.5 Å². The first kappa shape index (κ1) is 15.5. The van der Waals surface area contributed by atoms with E-state index in [9.17, 15) is 5.11 Å². The van der Waals surface area contributed by atoms with Crippen molar-refractivity contribution in [3.8, 4) is 5.75 Å². The van der Waals surface area contributed by atoms with E-state index in [1.165, 1.54) is 5.56 Å². The van der Waals surface area contributed by atoms with Gasteiger partial charge in [0.2, 0.25) is 0 Å². The van der Waals surface area contributed by atoms with Crippen molar-refractivity contribution in [2.75, 3.05) is 4.90 Å². The maximum Gasteiger partial charge on any atom is 0.125 e. The molecule has 2 aromatic carbocycles. The van der Waals surface area contributed by atoms with E-state index in [4.69, 9.17) is 11.6 Å². The standard InChI is InChI=1S/C19H24ClNO/c1-11(20)17-12(2)21(19(3,4)5)15-10-16(22)13-8-6-7-9-14(13)18(15)17/h6-12,17,22H,1-5H3/t11-,12+,17?/m1/s1. The number of nitrogens with zero attached hydrogens (tertiary/aromatic N) is 1. The lowest BCUT2D eigenvalue weighted by Gasteiger charge is -2.39. The lowest BCUT2D eigenvalue weighted by atomic mass is 9.89. The molecule has 118 valence electrons. The van der Waals surface area contributed by atoms with E-state index < -0.39 is 0 Å². The van der Waals surface area contributed by atoms with E-state index in [1.807, 2.05) is 24.3 Å². The number of phenolic OH excluding ortho intramolecular Hbond substituents is 1. The predicted octanol–water partition coefficient (Wildman–Crippen LogP) is 5.26. The molecule has 0 amide bonds. The highest BCUT2D eigenvalue weighted by Gasteiger charge is 2.43. The minimum atomic E-state index is -0.0242. The highest BCUT2D eigenvalue weighted by molar-refractivity contribution is 6.21. The summed E-state index contributed by atoms with van der Waals surface area (Å²) in [4.78, 5) is 2.40. The van der Waals surface area contributed by atoms with Crippen LogP contribution in [0.3, 0.4) is 0 Å². The summed E-state index contributed by atoms with van der Waals surface area (Å²) in [6.07, 6.45) is 0. The van der Waals surface area contributed by atoms with E-state index in [0.29, 0.717) is 11.8 Å². The summed E-state index contributed by atoms with van der Waals surface area (Å²) in [7, 11) is 0. The second kappa shape index (κ2) is 5.06. The normalized spacial score (nSPS) is 22.9. The zero-order valence-corrected chi connectivity index (χ0v) is 14.6. The van der Waals surface area contributed by atoms with Gasteiger partial charge in [0, 0.05) is 40.0 Å². The Hall–Kier alpha value is -1.41. The second-order valence-corrected chi connectivity index (χ2v) is 8.05. The Labute approximate surface area is 137 Å². The van der Waals surface area contributed by atoms with Crippen LogP contribution < -0.4 is 4.90 Å². The summed E-state index contributed by atoms with van der Waals surface area (Å²) in [5, 5.41) is 12.5. The molecule has 0 aromatic heterocycles. The molecule has 0 saturated heterocycles. The Morgan fingerprint density at radius 2 is 1.77 bits per heavy atom. The number of fused-ring (bicyclic) bond motifs is 3. The van der Waals surface area contributed by atoms with Gasteiger partial charge in [0.25, 0.3) is 0 Å². The maximum absolute atomic E-state index is 10.5. The van der Waals surface area contributed by atoms with Gasteiger partial charge in [0.05, 0.1) is 0 Å². The van der Waals surface area contributed by atoms with Gasteiger partial charge < -0.3 is 10.0 Å². The van der Waals surface area contributed by atoms with Gasteiger partial charge in [-0.1, -0.05) is 24.3 Å². The van der Waals surface area contributed by atoms with Crippen LogP contribution in [0.4, 0.5) is 5.69 Å². The van der Waals surface area contributed by atoms with Gasteiger partial charge in [0.15, 0.2) is 0 Å². The topological polar surface area (TPSA) is 23.5 Å². The Kier molecular flexibility index (Phi) is 3.56. The monoisotopic (exact) mass is 317 g/mol. The first-order valence-electron chi connectivity index (χ1n) is 7.91. The molecule has 0 spiro atoms. The maximum atomic E-state index is 10.5. The number of hydrogen-bond donors (Lipinski definition) is 1. The molecule has 1 aliphatic rings. The third-order valence-corrected chi connectivity index (χ3v) is 5.05. The minimum Gasteiger partial charge on any atom is -0.507 e. The Morgan fingerprint density at radius 1 is 1.18 bits per heavy atom. The zero-order chi connectivity index (χ0) is 16.2. The zero-order valence-electron chi connectivity index (χ0n) is 13.9. The molecule has 0 radical (unpaired) electrons. The fourth-order valence-corrected chi connectivity index (χ4v) is 4.46. The van der Waals surface area contributed by atoms with Crippen LogP contribution >= 0.6 is 11.6 Å². The van der Waals surface area contributed by atoms with Gasteiger partial charge in [-0.25, -0.2) is 0 Å². The molecule has 3 atom stereocenters. The quantitative estimate of drug-likeness (QED) is 0.725. The van der Waals surface area contributed by atoms with Crippen LogP contribution in [0.1, 0.15) is 46.1 Å². The Bertz CT molecular complexity index is 717. The first-order valence-corrected chi connectivity index (χ1v) is 8.35. The highest BCUT2D eigenvalue weighted by Crippen LogP contribution is 2.51. The molecular formula is C19H24ClNO. The fraction of sp³-hybridized carbons (Fsp3) is 0.474. The summed E-state index contributed by atoms with van der Waals surface area (Å²) in [5.74, 6) is 0.597. The number of benzene rings is 2. The molecule has 0 aliphatic carbocycles. The van der Waals surface area contributed by atoms with Crippen LogP contribution in [0.25, 0.3) is 10.8 Å². The summed E-state index contributed by atoms with van der Waals surface area (Å²) in [6.45, 7) is 10.9. The molecule has 22 heavy (non-hydrogen) atoms. The van der Waals surface area contributed by atoms with E-state index in [2.05, 4.69) is 45.6 Å². The molecule has 1 heterocycles. The summed E-state index contributed by atoms with van der Waals surface area (Å²) < 4.78 is 0. The lowest BCUT2D eigenvalue weighted by Crippen LogP contribution is -2.46. The van der Waals surface area contributed by atoms with Crippen molar-refractivity contribution in [1.29, 1.82) is 0 Å². The minimum absolute atomic E-state index is 0.0242. The number of rotatable bonds is 1. The number of aromatic hydroxyl groups is 1. The molecule has 1 unspecified atom stereocenters. The number of alkyl halides is 1. The first-order chi connectivity index (χ1) is 10.2. The van der Waals surface area contributed by atoms with Crippen LogP contribution in [0.5, 0.6) is 5.75 Å². The number of anilines is 1. The average Bonchev–Trinajstić information content (AvgIpc) is 2.71. The Morgan fingerprint density at radius 3 is 2.32 bits per heavy atom. The number of phenols is 1. The van der Waals surface area contributed by atoms with Gasteiger partial charge in [-0.15, -0.1) is 11.6 Å². The van der Waals surface area contributed by atoms with Crippen molar-refractivity contribution in [2.45, 2.75) is 57.5 Å². The van der Waals surface area contributed by atoms with Crippen LogP contribution in [0, 0.1) is 0 Å². The molecule has 0 fully saturated rings. The van der Waals surface area contributed by atoms with Gasteiger partial charge in [-0.2, -0.15) is 0 Å². The fourth-order valence-electron chi connectivity index (χ4n) is 4.12. The number of hydrogen-bond acceptors (Lipinski definition) is 2. The third-order valence-electron chi connectivity index (χ3n) is 4.78. The average molecular weight is 318 g/mol. The van der Waals surface area contributed by atoms with Crippen molar-refractivity contribution in [2.24, 2.45) is 0 Å². The smallest absolute Gasteiger partial charge is 0.125 e. The molecule has 1 N–H and O–H groups in total. The molecular weight excluding hydrogens is 294 g/mol. The summed E-state index contributed by atoms with van der Waals surface area (Å²) >= 11 is 6.57. The molecule has 2 aromatic rings. The van der Waals surface area contributed by atoms with Crippen LogP contribution in [0.15, 0.2) is 30.3 Å². The molecule has 3 rings (SSSR count). The summed E-state index contributed by atoms with van der Waals surface area (Å²) in [5.41, 5.74) is 2.37. The van der Waals surface area contributed by atoms with Crippen molar-refractivity contribution in [3.63, 3.8) is 0 Å². The SMILES string of the molecule is C[C@@H](Cl)C1c2c(cc(O)c3ccccc23)N(C(C)(C)C)[C@H]1C. The molecule has 1 aliphatic heterocycles. The van der Waals surface area contributed by atoms with Crippen molar-refractivity contribution < 1.29 is 5.11 Å². The van der Waals surface area contributed by atoms with E-state index >= 15 is 0 Å². The van der Waals surface area contributed by atoms with Crippen LogP contribution in [0.2, 0.25) is 0 Å². The molecule has 0 bridgehead atoms. The largest absolute Gasteiger partial charge is 0.507 e. The lowest BCUT2D eigenvalue weighted by molar-refractivity contribution is 0.432. The molecule has 2 nitrogen and oxygen atoms in total. The van der Waals surface area contributed by atoms with Crippen molar-refractivity contribution in [3.05, 3.63) is 35.9 Å². The van der Waals surface area contributed by atoms with Gasteiger partial charge >= 0.3 is 0 Å². The molecule has 3 heteroatoms. The number of halogens is 1. The van der Waals surface area contributed by atoms with Crippen molar-refractivity contribution >= 4 is 28.1 Å². The molecule has 0 saturated carbocycles. The highest BCUT2D eigenvalue weighted by atomic mass is 35.5. The van der Waals surface area contributed by atoms with Gasteiger partial charge in [-0.3, -0.25) is 0 Å². The van der Waals surface area contributed by atoms with E-state index in [-0.39, 0.29) is 16.8 Å². The predicted molar refractivity (Wildman–Crippen MR) is 95.4 cm³/mol. The van der Waals surface area contributed by atoms with Crippen LogP contribution in [-0.2, 0) is 0 Å². The third kappa shape index (κ3) is 2.16. The van der Waals surface area contributed by atoms with Gasteiger partial charge in [0.1, 0.15) is 5.75 Å². The van der Waals surface area contributed by atoms with Gasteiger partial charge in [-0.05, 0) is 45.6 Å². The van der Waals surface area contributed by atoms with E-state index in [1.54, 1.807) is 0 Å².